The highest BCUT2D eigenvalue weighted by atomic mass is 19.1. The molecule has 0 saturated carbocycles. The highest BCUT2D eigenvalue weighted by Crippen LogP contribution is 2.16. The van der Waals surface area contributed by atoms with Crippen LogP contribution in [0.4, 0.5) is 15.8 Å². The minimum Gasteiger partial charge on any atom is -0.392 e. The number of aliphatic hydroxyl groups is 1. The number of aromatic amines is 1. The number of hydrogen-bond donors (Lipinski definition) is 4. The van der Waals surface area contributed by atoms with E-state index in [9.17, 15) is 14.0 Å². The third-order valence-electron chi connectivity index (χ3n) is 3.60. The van der Waals surface area contributed by atoms with Gasteiger partial charge in [-0.15, -0.1) is 0 Å². The summed E-state index contributed by atoms with van der Waals surface area (Å²) in [6, 6.07) is 11.7. The maximum Gasteiger partial charge on any atom is 0.278 e. The zero-order chi connectivity index (χ0) is 18.5. The minimum absolute atomic E-state index is 0.00495. The highest BCUT2D eigenvalue weighted by Gasteiger charge is 2.17. The van der Waals surface area contributed by atoms with Crippen LogP contribution in [0.15, 0.2) is 54.7 Å². The Labute approximate surface area is 147 Å². The quantitative estimate of drug-likeness (QED) is 0.565. The SMILES string of the molecule is O=C(Nc1c[nH]nc1C(=O)Nc1ccc(F)cc1)c1ccc(CO)cc1. The second-order valence-corrected chi connectivity index (χ2v) is 5.42. The van der Waals surface area contributed by atoms with Crippen molar-refractivity contribution in [1.29, 1.82) is 0 Å². The first-order valence-corrected chi connectivity index (χ1v) is 7.68. The van der Waals surface area contributed by atoms with Crippen LogP contribution in [0.5, 0.6) is 0 Å². The second-order valence-electron chi connectivity index (χ2n) is 5.42. The molecule has 0 spiro atoms. The first-order chi connectivity index (χ1) is 12.6. The van der Waals surface area contributed by atoms with Crippen molar-refractivity contribution in [3.8, 4) is 0 Å². The summed E-state index contributed by atoms with van der Waals surface area (Å²) in [5, 5.41) is 20.6. The fourth-order valence-electron chi connectivity index (χ4n) is 2.24. The number of benzene rings is 2. The molecule has 3 aromatic rings. The Balaban J connectivity index is 1.71. The van der Waals surface area contributed by atoms with E-state index >= 15 is 0 Å². The minimum atomic E-state index is -0.552. The summed E-state index contributed by atoms with van der Waals surface area (Å²) >= 11 is 0. The number of carbonyl (C=O) groups is 2. The van der Waals surface area contributed by atoms with Crippen molar-refractivity contribution < 1.29 is 19.1 Å². The van der Waals surface area contributed by atoms with Crippen molar-refractivity contribution in [3.05, 3.63) is 77.4 Å². The fourth-order valence-corrected chi connectivity index (χ4v) is 2.24. The van der Waals surface area contributed by atoms with Gasteiger partial charge in [0.2, 0.25) is 0 Å². The molecule has 8 heteroatoms. The van der Waals surface area contributed by atoms with Crippen molar-refractivity contribution in [2.75, 3.05) is 10.6 Å². The zero-order valence-electron chi connectivity index (χ0n) is 13.5. The molecule has 2 aromatic carbocycles. The van der Waals surface area contributed by atoms with Crippen molar-refractivity contribution in [3.63, 3.8) is 0 Å². The van der Waals surface area contributed by atoms with E-state index in [1.807, 2.05) is 0 Å². The summed E-state index contributed by atoms with van der Waals surface area (Å²) in [7, 11) is 0. The maximum atomic E-state index is 12.9. The lowest BCUT2D eigenvalue weighted by atomic mass is 10.1. The molecule has 0 atom stereocenters. The molecule has 0 fully saturated rings. The van der Waals surface area contributed by atoms with Gasteiger partial charge in [0, 0.05) is 17.4 Å². The predicted molar refractivity (Wildman–Crippen MR) is 93.3 cm³/mol. The van der Waals surface area contributed by atoms with Crippen LogP contribution in [0, 0.1) is 5.82 Å². The zero-order valence-corrected chi connectivity index (χ0v) is 13.5. The molecule has 2 amide bonds. The van der Waals surface area contributed by atoms with Gasteiger partial charge in [-0.1, -0.05) is 12.1 Å². The van der Waals surface area contributed by atoms with E-state index in [-0.39, 0.29) is 18.0 Å². The van der Waals surface area contributed by atoms with Crippen LogP contribution in [0.25, 0.3) is 0 Å². The van der Waals surface area contributed by atoms with E-state index in [0.29, 0.717) is 16.8 Å². The average molecular weight is 354 g/mol. The molecule has 1 heterocycles. The van der Waals surface area contributed by atoms with E-state index in [1.165, 1.54) is 30.5 Å². The first-order valence-electron chi connectivity index (χ1n) is 7.68. The van der Waals surface area contributed by atoms with Gasteiger partial charge in [-0.25, -0.2) is 4.39 Å². The van der Waals surface area contributed by atoms with Crippen LogP contribution in [0.1, 0.15) is 26.4 Å². The van der Waals surface area contributed by atoms with Crippen LogP contribution in [-0.2, 0) is 6.61 Å². The van der Waals surface area contributed by atoms with E-state index in [1.54, 1.807) is 24.3 Å². The molecule has 0 aliphatic carbocycles. The van der Waals surface area contributed by atoms with Crippen molar-refractivity contribution in [2.45, 2.75) is 6.61 Å². The molecular weight excluding hydrogens is 339 g/mol. The molecular formula is C18H15FN4O3. The number of aliphatic hydroxyl groups excluding tert-OH is 1. The van der Waals surface area contributed by atoms with Gasteiger partial charge in [-0.3, -0.25) is 14.7 Å². The molecule has 7 nitrogen and oxygen atoms in total. The third-order valence-corrected chi connectivity index (χ3v) is 3.60. The predicted octanol–water partition coefficient (Wildman–Crippen LogP) is 2.55. The van der Waals surface area contributed by atoms with Gasteiger partial charge in [0.15, 0.2) is 5.69 Å². The smallest absolute Gasteiger partial charge is 0.278 e. The standard InChI is InChI=1S/C18H15FN4O3/c19-13-5-7-14(8-6-13)21-18(26)16-15(9-20-23-16)22-17(25)12-3-1-11(10-24)2-4-12/h1-9,24H,10H2,(H,20,23)(H,21,26)(H,22,25). The van der Waals surface area contributed by atoms with Crippen LogP contribution in [-0.4, -0.2) is 27.1 Å². The summed E-state index contributed by atoms with van der Waals surface area (Å²) < 4.78 is 12.9. The van der Waals surface area contributed by atoms with Gasteiger partial charge < -0.3 is 15.7 Å². The number of carbonyl (C=O) groups excluding carboxylic acids is 2. The topological polar surface area (TPSA) is 107 Å². The van der Waals surface area contributed by atoms with Gasteiger partial charge >= 0.3 is 0 Å². The molecule has 0 radical (unpaired) electrons. The van der Waals surface area contributed by atoms with Crippen LogP contribution >= 0.6 is 0 Å². The molecule has 1 aromatic heterocycles. The molecule has 26 heavy (non-hydrogen) atoms. The van der Waals surface area contributed by atoms with E-state index in [4.69, 9.17) is 5.11 Å². The maximum absolute atomic E-state index is 12.9. The first kappa shape index (κ1) is 17.3. The summed E-state index contributed by atoms with van der Waals surface area (Å²) in [6.07, 6.45) is 1.39. The van der Waals surface area contributed by atoms with Crippen molar-refractivity contribution in [2.24, 2.45) is 0 Å². The number of rotatable bonds is 5. The summed E-state index contributed by atoms with van der Waals surface area (Å²) in [4.78, 5) is 24.6. The highest BCUT2D eigenvalue weighted by molar-refractivity contribution is 6.11. The van der Waals surface area contributed by atoms with Gasteiger partial charge in [-0.2, -0.15) is 5.10 Å². The molecule has 132 valence electrons. The second kappa shape index (κ2) is 7.58. The summed E-state index contributed by atoms with van der Waals surface area (Å²) in [5.41, 5.74) is 1.66. The number of hydrogen-bond acceptors (Lipinski definition) is 4. The largest absolute Gasteiger partial charge is 0.392 e. The van der Waals surface area contributed by atoms with E-state index < -0.39 is 17.6 Å². The number of aromatic nitrogens is 2. The third kappa shape index (κ3) is 3.93. The number of anilines is 2. The molecule has 4 N–H and O–H groups in total. The summed E-state index contributed by atoms with van der Waals surface area (Å²) in [6.45, 7) is -0.114. The van der Waals surface area contributed by atoms with Gasteiger partial charge in [0.1, 0.15) is 5.82 Å². The lowest BCUT2D eigenvalue weighted by Crippen LogP contribution is -2.18. The average Bonchev–Trinajstić information content (AvgIpc) is 3.12. The van der Waals surface area contributed by atoms with Crippen LogP contribution < -0.4 is 10.6 Å². The molecule has 0 unspecified atom stereocenters. The Kier molecular flexibility index (Phi) is 5.04. The van der Waals surface area contributed by atoms with Gasteiger partial charge in [0.25, 0.3) is 11.8 Å². The molecule has 0 bridgehead atoms. The Morgan fingerprint density at radius 3 is 2.35 bits per heavy atom. The molecule has 0 aliphatic heterocycles. The van der Waals surface area contributed by atoms with Gasteiger partial charge in [-0.05, 0) is 42.0 Å². The Morgan fingerprint density at radius 2 is 1.69 bits per heavy atom. The Morgan fingerprint density at radius 1 is 1.00 bits per heavy atom. The van der Waals surface area contributed by atoms with E-state index in [0.717, 1.165) is 0 Å². The monoisotopic (exact) mass is 354 g/mol. The number of halogens is 1. The summed E-state index contributed by atoms with van der Waals surface area (Å²) in [5.74, 6) is -1.39. The van der Waals surface area contributed by atoms with Crippen LogP contribution in [0.2, 0.25) is 0 Å². The molecule has 0 aliphatic rings. The Hall–Kier alpha value is -3.52. The van der Waals surface area contributed by atoms with Crippen molar-refractivity contribution >= 4 is 23.2 Å². The Bertz CT molecular complexity index is 920. The molecule has 0 saturated heterocycles. The lowest BCUT2D eigenvalue weighted by molar-refractivity contribution is 0.102. The normalized spacial score (nSPS) is 10.4. The van der Waals surface area contributed by atoms with Gasteiger partial charge in [0.05, 0.1) is 12.3 Å². The lowest BCUT2D eigenvalue weighted by Gasteiger charge is -2.07. The molecule has 3 rings (SSSR count). The number of nitrogens with one attached hydrogen (secondary N) is 3. The van der Waals surface area contributed by atoms with Crippen molar-refractivity contribution in [1.82, 2.24) is 10.2 Å². The van der Waals surface area contributed by atoms with E-state index in [2.05, 4.69) is 20.8 Å². The number of amides is 2. The number of H-pyrrole nitrogens is 1. The fraction of sp³-hybridized carbons (Fsp3) is 0.0556. The van der Waals surface area contributed by atoms with Crippen LogP contribution in [0.3, 0.4) is 0 Å². The number of nitrogens with zero attached hydrogens (tertiary/aromatic N) is 1.